The molecule has 0 saturated carbocycles. The maximum absolute atomic E-state index is 12.4. The molecule has 182 valence electrons. The molecule has 31 heavy (non-hydrogen) atoms. The lowest BCUT2D eigenvalue weighted by Crippen LogP contribution is -2.60. The minimum Gasteiger partial charge on any atom is -0.481 e. The number of aliphatic carboxylic acids is 1. The van der Waals surface area contributed by atoms with Gasteiger partial charge in [0.05, 0.1) is 6.42 Å². The van der Waals surface area contributed by atoms with E-state index in [4.69, 9.17) is 22.2 Å². The van der Waals surface area contributed by atoms with Gasteiger partial charge in [-0.05, 0) is 71.3 Å². The molecular formula is C20H44O7Si4. The highest BCUT2D eigenvalue weighted by molar-refractivity contribution is 6.90. The first-order chi connectivity index (χ1) is 13.6. The second-order valence-electron chi connectivity index (χ2n) is 11.2. The zero-order chi connectivity index (χ0) is 24.8. The summed E-state index contributed by atoms with van der Waals surface area (Å²) >= 11 is 0. The highest BCUT2D eigenvalue weighted by Gasteiger charge is 2.50. The fraction of sp³-hybridized carbons (Fsp3) is 0.800. The van der Waals surface area contributed by atoms with Crippen LogP contribution in [-0.4, -0.2) is 56.9 Å². The molecule has 1 unspecified atom stereocenters. The summed E-state index contributed by atoms with van der Waals surface area (Å²) in [5.74, 6) is -1.74. The summed E-state index contributed by atoms with van der Waals surface area (Å²) in [4.78, 5) is 23.2. The number of ether oxygens (including phenoxy) is 1. The van der Waals surface area contributed by atoms with Crippen molar-refractivity contribution in [3.8, 4) is 0 Å². The van der Waals surface area contributed by atoms with Crippen molar-refractivity contribution < 1.29 is 31.8 Å². The summed E-state index contributed by atoms with van der Waals surface area (Å²) in [6.07, 6.45) is -0.320. The van der Waals surface area contributed by atoms with Gasteiger partial charge in [-0.15, -0.1) is 0 Å². The third-order valence-electron chi connectivity index (χ3n) is 3.78. The number of hydrogen-bond acceptors (Lipinski definition) is 6. The summed E-state index contributed by atoms with van der Waals surface area (Å²) in [7, 11) is -9.01. The Bertz CT molecular complexity index is 590. The molecule has 0 fully saturated rings. The van der Waals surface area contributed by atoms with Crippen LogP contribution in [0.2, 0.25) is 65.0 Å². The Morgan fingerprint density at radius 3 is 1.52 bits per heavy atom. The molecule has 7 nitrogen and oxygen atoms in total. The third kappa shape index (κ3) is 14.2. The Labute approximate surface area is 193 Å². The van der Waals surface area contributed by atoms with E-state index in [0.717, 1.165) is 0 Å². The van der Waals surface area contributed by atoms with E-state index in [1.807, 2.05) is 13.8 Å². The maximum Gasteiger partial charge on any atom is 0.469 e. The minimum absolute atomic E-state index is 0.0407. The predicted molar refractivity (Wildman–Crippen MR) is 135 cm³/mol. The number of carboxylic acid groups (broad SMARTS) is 1. The molecule has 0 aromatic rings. The molecule has 0 radical (unpaired) electrons. The Morgan fingerprint density at radius 2 is 1.23 bits per heavy atom. The standard InChI is InChI=1S/C20H44O7Si4/c1-16(2)18(24-20(23)17(3)15-19(21)22)13-14-31(25-28(4,5)6,26-29(7,8)9)27-30(10,11)12/h16,18H,3,13-15H2,1-2,4-12H3,(H,21,22). The van der Waals surface area contributed by atoms with Crippen LogP contribution in [0.4, 0.5) is 0 Å². The van der Waals surface area contributed by atoms with Crippen molar-refractivity contribution in [2.45, 2.75) is 97.8 Å². The smallest absolute Gasteiger partial charge is 0.469 e. The molecule has 0 saturated heterocycles. The SMILES string of the molecule is C=C(CC(=O)O)C(=O)OC(CC[Si](O[Si](C)(C)C)(O[Si](C)(C)C)O[Si](C)(C)C)C(C)C. The number of carbonyl (C=O) groups is 2. The van der Waals surface area contributed by atoms with E-state index >= 15 is 0 Å². The molecule has 0 rings (SSSR count). The molecule has 0 heterocycles. The summed E-state index contributed by atoms with van der Waals surface area (Å²) < 4.78 is 25.7. The van der Waals surface area contributed by atoms with Gasteiger partial charge in [0.2, 0.25) is 0 Å². The van der Waals surface area contributed by atoms with Gasteiger partial charge in [-0.25, -0.2) is 4.79 Å². The molecule has 0 amide bonds. The minimum atomic E-state index is -3.04. The first-order valence-corrected chi connectivity index (χ1v) is 23.0. The van der Waals surface area contributed by atoms with Crippen LogP contribution in [0, 0.1) is 5.92 Å². The van der Waals surface area contributed by atoms with Crippen LogP contribution in [-0.2, 0) is 26.7 Å². The van der Waals surface area contributed by atoms with Crippen molar-refractivity contribution in [3.05, 3.63) is 12.2 Å². The van der Waals surface area contributed by atoms with Crippen molar-refractivity contribution >= 4 is 45.7 Å². The lowest BCUT2D eigenvalue weighted by atomic mass is 10.0. The average Bonchev–Trinajstić information content (AvgIpc) is 2.44. The third-order valence-corrected chi connectivity index (χ3v) is 15.8. The van der Waals surface area contributed by atoms with E-state index in [9.17, 15) is 9.59 Å². The van der Waals surface area contributed by atoms with E-state index in [-0.39, 0.29) is 11.5 Å². The van der Waals surface area contributed by atoms with Gasteiger partial charge in [-0.2, -0.15) is 0 Å². The second-order valence-corrected chi connectivity index (χ2v) is 28.2. The van der Waals surface area contributed by atoms with E-state index in [1.54, 1.807) is 0 Å². The Kier molecular flexibility index (Phi) is 11.3. The van der Waals surface area contributed by atoms with Gasteiger partial charge in [0, 0.05) is 11.6 Å². The van der Waals surface area contributed by atoms with Gasteiger partial charge < -0.3 is 22.2 Å². The lowest BCUT2D eigenvalue weighted by molar-refractivity contribution is -0.148. The fourth-order valence-electron chi connectivity index (χ4n) is 2.94. The topological polar surface area (TPSA) is 91.3 Å². The van der Waals surface area contributed by atoms with Crippen molar-refractivity contribution in [2.75, 3.05) is 0 Å². The highest BCUT2D eigenvalue weighted by atomic mass is 28.5. The zero-order valence-electron chi connectivity index (χ0n) is 21.4. The number of esters is 1. The zero-order valence-corrected chi connectivity index (χ0v) is 25.4. The van der Waals surface area contributed by atoms with Crippen LogP contribution in [0.5, 0.6) is 0 Å². The molecular weight excluding hydrogens is 465 g/mol. The van der Waals surface area contributed by atoms with Gasteiger partial charge in [0.25, 0.3) is 0 Å². The molecule has 0 aromatic heterocycles. The molecule has 1 atom stereocenters. The Hall–Kier alpha value is -0.572. The number of carbonyl (C=O) groups excluding carboxylic acids is 1. The average molecular weight is 509 g/mol. The van der Waals surface area contributed by atoms with Crippen LogP contribution in [0.1, 0.15) is 26.7 Å². The number of rotatable bonds is 14. The summed E-state index contributed by atoms with van der Waals surface area (Å²) in [6.45, 7) is 26.7. The molecule has 0 spiro atoms. The highest BCUT2D eigenvalue weighted by Crippen LogP contribution is 2.31. The summed E-state index contributed by atoms with van der Waals surface area (Å²) in [5, 5.41) is 8.91. The van der Waals surface area contributed by atoms with Crippen LogP contribution in [0.25, 0.3) is 0 Å². The quantitative estimate of drug-likeness (QED) is 0.189. The van der Waals surface area contributed by atoms with Crippen molar-refractivity contribution in [1.82, 2.24) is 0 Å². The molecule has 0 aliphatic carbocycles. The Morgan fingerprint density at radius 1 is 0.839 bits per heavy atom. The summed E-state index contributed by atoms with van der Waals surface area (Å²) in [5.41, 5.74) is -0.0586. The van der Waals surface area contributed by atoms with Crippen LogP contribution >= 0.6 is 0 Å². The first kappa shape index (κ1) is 30.4. The van der Waals surface area contributed by atoms with Gasteiger partial charge in [-0.1, -0.05) is 20.4 Å². The monoisotopic (exact) mass is 508 g/mol. The Balaban J connectivity index is 5.78. The van der Waals surface area contributed by atoms with Crippen LogP contribution < -0.4 is 0 Å². The van der Waals surface area contributed by atoms with E-state index in [0.29, 0.717) is 12.5 Å². The molecule has 1 N–H and O–H groups in total. The summed E-state index contributed by atoms with van der Waals surface area (Å²) in [6, 6.07) is 0.549. The van der Waals surface area contributed by atoms with Crippen LogP contribution in [0.3, 0.4) is 0 Å². The van der Waals surface area contributed by atoms with E-state index in [2.05, 4.69) is 65.5 Å². The predicted octanol–water partition coefficient (Wildman–Crippen LogP) is 5.47. The molecule has 0 bridgehead atoms. The normalized spacial score (nSPS) is 14.5. The van der Waals surface area contributed by atoms with Gasteiger partial charge >= 0.3 is 20.7 Å². The first-order valence-electron chi connectivity index (χ1n) is 10.9. The van der Waals surface area contributed by atoms with E-state index < -0.39 is 58.2 Å². The molecule has 0 aliphatic heterocycles. The fourth-order valence-corrected chi connectivity index (χ4v) is 17.6. The van der Waals surface area contributed by atoms with Gasteiger partial charge in [-0.3, -0.25) is 4.79 Å². The maximum atomic E-state index is 12.4. The van der Waals surface area contributed by atoms with Gasteiger partial charge in [0.15, 0.2) is 25.0 Å². The number of carboxylic acids is 1. The van der Waals surface area contributed by atoms with Crippen LogP contribution in [0.15, 0.2) is 12.2 Å². The van der Waals surface area contributed by atoms with Crippen molar-refractivity contribution in [1.29, 1.82) is 0 Å². The molecule has 0 aliphatic rings. The van der Waals surface area contributed by atoms with Gasteiger partial charge in [0.1, 0.15) is 6.10 Å². The number of hydrogen-bond donors (Lipinski definition) is 1. The second kappa shape index (κ2) is 11.5. The molecule has 11 heteroatoms. The molecule has 0 aromatic carbocycles. The van der Waals surface area contributed by atoms with Crippen molar-refractivity contribution in [2.24, 2.45) is 5.92 Å². The largest absolute Gasteiger partial charge is 0.481 e. The lowest BCUT2D eigenvalue weighted by Gasteiger charge is -2.43. The van der Waals surface area contributed by atoms with E-state index in [1.165, 1.54) is 0 Å². The van der Waals surface area contributed by atoms with Crippen molar-refractivity contribution in [3.63, 3.8) is 0 Å².